The molecule has 5 nitrogen and oxygen atoms in total. The standard InChI is InChI=1S/C19H20FN3O2S/c1-13(24)16-5-4-15(9-17(16)20)26-12-19(25)23-8-7-22-11-18(23)14-3-2-6-21-10-14/h2-6,9-10,18,22H,7-8,11-12H2,1H3. The van der Waals surface area contributed by atoms with Crippen molar-refractivity contribution in [2.45, 2.75) is 17.9 Å². The molecule has 1 aromatic carbocycles. The minimum atomic E-state index is -0.551. The summed E-state index contributed by atoms with van der Waals surface area (Å²) >= 11 is 1.28. The second kappa shape index (κ2) is 8.42. The molecule has 0 bridgehead atoms. The molecule has 2 heterocycles. The number of nitrogens with zero attached hydrogens (tertiary/aromatic N) is 2. The van der Waals surface area contributed by atoms with Crippen molar-refractivity contribution in [3.63, 3.8) is 0 Å². The first-order valence-corrected chi connectivity index (χ1v) is 9.38. The van der Waals surface area contributed by atoms with E-state index in [0.717, 1.165) is 12.1 Å². The first kappa shape index (κ1) is 18.5. The van der Waals surface area contributed by atoms with E-state index >= 15 is 0 Å². The van der Waals surface area contributed by atoms with Crippen molar-refractivity contribution in [1.29, 1.82) is 0 Å². The van der Waals surface area contributed by atoms with E-state index in [9.17, 15) is 14.0 Å². The average molecular weight is 373 g/mol. The Morgan fingerprint density at radius 3 is 2.92 bits per heavy atom. The third-order valence-corrected chi connectivity index (χ3v) is 5.29. The van der Waals surface area contributed by atoms with Crippen LogP contribution in [0, 0.1) is 5.82 Å². The van der Waals surface area contributed by atoms with Gasteiger partial charge in [-0.25, -0.2) is 4.39 Å². The van der Waals surface area contributed by atoms with Crippen LogP contribution in [0.5, 0.6) is 0 Å². The Kier molecular flexibility index (Phi) is 6.00. The number of rotatable bonds is 5. The molecule has 1 aromatic heterocycles. The van der Waals surface area contributed by atoms with Gasteiger partial charge in [-0.3, -0.25) is 14.6 Å². The monoisotopic (exact) mass is 373 g/mol. The SMILES string of the molecule is CC(=O)c1ccc(SCC(=O)N2CCNCC2c2cccnc2)cc1F. The van der Waals surface area contributed by atoms with Crippen molar-refractivity contribution in [2.75, 3.05) is 25.4 Å². The summed E-state index contributed by atoms with van der Waals surface area (Å²) in [6.07, 6.45) is 3.49. The van der Waals surface area contributed by atoms with Crippen molar-refractivity contribution >= 4 is 23.5 Å². The van der Waals surface area contributed by atoms with Crippen LogP contribution < -0.4 is 5.32 Å². The van der Waals surface area contributed by atoms with Crippen LogP contribution in [-0.4, -0.2) is 47.0 Å². The van der Waals surface area contributed by atoms with Gasteiger partial charge in [-0.05, 0) is 36.8 Å². The van der Waals surface area contributed by atoms with Crippen molar-refractivity contribution in [1.82, 2.24) is 15.2 Å². The molecule has 1 atom stereocenters. The van der Waals surface area contributed by atoms with Crippen LogP contribution in [0.3, 0.4) is 0 Å². The Labute approximate surface area is 156 Å². The molecule has 0 radical (unpaired) electrons. The Balaban J connectivity index is 1.67. The molecule has 1 saturated heterocycles. The van der Waals surface area contributed by atoms with Gasteiger partial charge in [0.2, 0.25) is 5.91 Å². The average Bonchev–Trinajstić information content (AvgIpc) is 2.66. The summed E-state index contributed by atoms with van der Waals surface area (Å²) in [5.74, 6) is -0.641. The van der Waals surface area contributed by atoms with Crippen molar-refractivity contribution in [3.8, 4) is 0 Å². The van der Waals surface area contributed by atoms with E-state index in [4.69, 9.17) is 0 Å². The summed E-state index contributed by atoms with van der Waals surface area (Å²) in [5.41, 5.74) is 1.06. The smallest absolute Gasteiger partial charge is 0.233 e. The van der Waals surface area contributed by atoms with Crippen molar-refractivity contribution < 1.29 is 14.0 Å². The van der Waals surface area contributed by atoms with Gasteiger partial charge in [0, 0.05) is 36.9 Å². The number of aromatic nitrogens is 1. The molecule has 136 valence electrons. The summed E-state index contributed by atoms with van der Waals surface area (Å²) in [7, 11) is 0. The predicted molar refractivity (Wildman–Crippen MR) is 98.7 cm³/mol. The lowest BCUT2D eigenvalue weighted by Gasteiger charge is -2.36. The molecular formula is C19H20FN3O2S. The van der Waals surface area contributed by atoms with Gasteiger partial charge in [-0.15, -0.1) is 11.8 Å². The highest BCUT2D eigenvalue weighted by atomic mass is 32.2. The lowest BCUT2D eigenvalue weighted by molar-refractivity contribution is -0.131. The molecule has 0 spiro atoms. The molecule has 1 fully saturated rings. The van der Waals surface area contributed by atoms with Crippen LogP contribution in [-0.2, 0) is 4.79 Å². The van der Waals surface area contributed by atoms with Gasteiger partial charge in [-0.1, -0.05) is 6.07 Å². The van der Waals surface area contributed by atoms with Gasteiger partial charge in [0.05, 0.1) is 17.4 Å². The number of carbonyl (C=O) groups excluding carboxylic acids is 2. The highest BCUT2D eigenvalue weighted by Gasteiger charge is 2.27. The summed E-state index contributed by atoms with van der Waals surface area (Å²) < 4.78 is 13.9. The molecule has 0 saturated carbocycles. The number of pyridine rings is 1. The first-order chi connectivity index (χ1) is 12.6. The number of ketones is 1. The fourth-order valence-electron chi connectivity index (χ4n) is 2.97. The molecule has 1 aliphatic rings. The summed E-state index contributed by atoms with van der Waals surface area (Å²) in [6, 6.07) is 8.23. The third kappa shape index (κ3) is 4.28. The number of piperazine rings is 1. The van der Waals surface area contributed by atoms with Crippen molar-refractivity contribution in [2.24, 2.45) is 0 Å². The number of amides is 1. The highest BCUT2D eigenvalue weighted by Crippen LogP contribution is 2.25. The van der Waals surface area contributed by atoms with Crippen molar-refractivity contribution in [3.05, 3.63) is 59.7 Å². The molecule has 0 aliphatic carbocycles. The number of Topliss-reactive ketones (excluding diaryl/α,β-unsaturated/α-hetero) is 1. The second-order valence-electron chi connectivity index (χ2n) is 6.08. The second-order valence-corrected chi connectivity index (χ2v) is 7.13. The third-order valence-electron chi connectivity index (χ3n) is 4.32. The Hall–Kier alpha value is -2.25. The van der Waals surface area contributed by atoms with Crippen LogP contribution in [0.2, 0.25) is 0 Å². The van der Waals surface area contributed by atoms with Gasteiger partial charge in [0.1, 0.15) is 5.82 Å². The first-order valence-electron chi connectivity index (χ1n) is 8.39. The molecule has 1 N–H and O–H groups in total. The quantitative estimate of drug-likeness (QED) is 0.645. The fraction of sp³-hybridized carbons (Fsp3) is 0.316. The Morgan fingerprint density at radius 1 is 1.38 bits per heavy atom. The Bertz CT molecular complexity index is 801. The minimum absolute atomic E-state index is 0.00130. The van der Waals surface area contributed by atoms with Gasteiger partial charge in [0.15, 0.2) is 5.78 Å². The molecule has 2 aromatic rings. The summed E-state index contributed by atoms with van der Waals surface area (Å²) in [5, 5.41) is 3.31. The van der Waals surface area contributed by atoms with Gasteiger partial charge in [-0.2, -0.15) is 0 Å². The maximum absolute atomic E-state index is 13.9. The zero-order valence-corrected chi connectivity index (χ0v) is 15.3. The van der Waals surface area contributed by atoms with Crippen LogP contribution in [0.15, 0.2) is 47.6 Å². The normalized spacial score (nSPS) is 17.2. The number of hydrogen-bond donors (Lipinski definition) is 1. The van der Waals surface area contributed by atoms with E-state index in [1.54, 1.807) is 18.5 Å². The highest BCUT2D eigenvalue weighted by molar-refractivity contribution is 8.00. The minimum Gasteiger partial charge on any atom is -0.332 e. The number of hydrogen-bond acceptors (Lipinski definition) is 5. The van der Waals surface area contributed by atoms with Crippen LogP contribution in [0.1, 0.15) is 28.9 Å². The lowest BCUT2D eigenvalue weighted by Crippen LogP contribution is -2.49. The Morgan fingerprint density at radius 2 is 2.23 bits per heavy atom. The van der Waals surface area contributed by atoms with E-state index < -0.39 is 5.82 Å². The fourth-order valence-corrected chi connectivity index (χ4v) is 3.78. The van der Waals surface area contributed by atoms with E-state index in [1.165, 1.54) is 30.8 Å². The molecule has 1 aliphatic heterocycles. The predicted octanol–water partition coefficient (Wildman–Crippen LogP) is 2.69. The summed E-state index contributed by atoms with van der Waals surface area (Å²) in [6.45, 7) is 3.38. The molecule has 1 amide bonds. The van der Waals surface area contributed by atoms with Gasteiger partial charge in [0.25, 0.3) is 0 Å². The largest absolute Gasteiger partial charge is 0.332 e. The molecule has 1 unspecified atom stereocenters. The van der Waals surface area contributed by atoms with E-state index in [-0.39, 0.29) is 29.0 Å². The van der Waals surface area contributed by atoms with Crippen LogP contribution in [0.25, 0.3) is 0 Å². The zero-order valence-electron chi connectivity index (χ0n) is 14.4. The molecular weight excluding hydrogens is 353 g/mol. The number of carbonyl (C=O) groups is 2. The topological polar surface area (TPSA) is 62.3 Å². The van der Waals surface area contributed by atoms with Crippen LogP contribution in [0.4, 0.5) is 4.39 Å². The maximum atomic E-state index is 13.9. The van der Waals surface area contributed by atoms with Gasteiger partial charge < -0.3 is 10.2 Å². The van der Waals surface area contributed by atoms with E-state index in [0.29, 0.717) is 18.0 Å². The molecule has 7 heteroatoms. The van der Waals surface area contributed by atoms with E-state index in [1.807, 2.05) is 17.0 Å². The lowest BCUT2D eigenvalue weighted by atomic mass is 10.1. The number of nitrogens with one attached hydrogen (secondary N) is 1. The molecule has 26 heavy (non-hydrogen) atoms. The van der Waals surface area contributed by atoms with Gasteiger partial charge >= 0.3 is 0 Å². The summed E-state index contributed by atoms with van der Waals surface area (Å²) in [4.78, 5) is 30.6. The molecule has 3 rings (SSSR count). The maximum Gasteiger partial charge on any atom is 0.233 e. The number of thioether (sulfide) groups is 1. The number of halogens is 1. The zero-order chi connectivity index (χ0) is 18.5. The van der Waals surface area contributed by atoms with E-state index in [2.05, 4.69) is 10.3 Å². The number of benzene rings is 1. The van der Waals surface area contributed by atoms with Crippen LogP contribution >= 0.6 is 11.8 Å².